The molecule has 0 aliphatic rings. The minimum atomic E-state index is 0.898. The largest absolute Gasteiger partial charge is 0.0925 e. The molecule has 0 nitrogen and oxygen atoms in total. The Hall–Kier alpha value is -0.880. The van der Waals surface area contributed by atoms with Gasteiger partial charge in [-0.05, 0) is 18.8 Å². The summed E-state index contributed by atoms with van der Waals surface area (Å²) in [6, 6.07) is 0. The molecule has 0 radical (unpaired) electrons. The Labute approximate surface area is 44.9 Å². The van der Waals surface area contributed by atoms with E-state index in [1.54, 1.807) is 6.92 Å². The van der Waals surface area contributed by atoms with Crippen molar-refractivity contribution in [3.63, 3.8) is 0 Å². The van der Waals surface area contributed by atoms with Gasteiger partial charge in [0.2, 0.25) is 0 Å². The first-order chi connectivity index (χ1) is 3.41. The van der Waals surface area contributed by atoms with Crippen LogP contribution >= 0.6 is 0 Å². The summed E-state index contributed by atoms with van der Waals surface area (Å²) in [4.78, 5) is 0. The van der Waals surface area contributed by atoms with E-state index in [1.807, 2.05) is 6.92 Å². The highest BCUT2D eigenvalue weighted by Crippen LogP contribution is 1.63. The molecule has 0 rings (SSSR count). The molecule has 0 bridgehead atoms. The zero-order valence-corrected chi connectivity index (χ0v) is 4.71. The van der Waals surface area contributed by atoms with Gasteiger partial charge in [0.15, 0.2) is 0 Å². The number of rotatable bonds is 0. The fourth-order valence-electron chi connectivity index (χ4n) is 0.195. The van der Waals surface area contributed by atoms with Crippen LogP contribution in [0.25, 0.3) is 0 Å². The van der Waals surface area contributed by atoms with E-state index in [0.29, 0.717) is 0 Å². The Morgan fingerprint density at radius 1 is 1.29 bits per heavy atom. The lowest BCUT2D eigenvalue weighted by Crippen LogP contribution is -1.50. The monoisotopic (exact) mass is 92.1 g/mol. The molecular formula is C7H8. The minimum absolute atomic E-state index is 0.898. The fraction of sp³-hybridized carbons (Fsp3) is 0.429. The van der Waals surface area contributed by atoms with Crippen molar-refractivity contribution >= 4 is 0 Å². The van der Waals surface area contributed by atoms with Gasteiger partial charge in [-0.3, -0.25) is 0 Å². The van der Waals surface area contributed by atoms with Crippen LogP contribution in [0.3, 0.4) is 0 Å². The fourth-order valence-corrected chi connectivity index (χ4v) is 0.195. The van der Waals surface area contributed by atoms with Gasteiger partial charge in [0.1, 0.15) is 0 Å². The van der Waals surface area contributed by atoms with Crippen LogP contribution in [0.4, 0.5) is 0 Å². The standard InChI is InChI=1S/C7H8/c1-3-5-7-6-4-2/h3H2,1-2H3. The van der Waals surface area contributed by atoms with Crippen LogP contribution in [0.5, 0.6) is 0 Å². The minimum Gasteiger partial charge on any atom is -0.0925 e. The summed E-state index contributed by atoms with van der Waals surface area (Å²) in [5.41, 5.74) is 0. The summed E-state index contributed by atoms with van der Waals surface area (Å²) in [5, 5.41) is 0. The van der Waals surface area contributed by atoms with Gasteiger partial charge in [0, 0.05) is 6.42 Å². The molecule has 7 heavy (non-hydrogen) atoms. The SMILES string of the molecule is CC#CC#CCC. The average Bonchev–Trinajstić information content (AvgIpc) is 1.69. The lowest BCUT2D eigenvalue weighted by Gasteiger charge is -1.59. The van der Waals surface area contributed by atoms with Gasteiger partial charge in [-0.2, -0.15) is 0 Å². The molecule has 0 heteroatoms. The Balaban J connectivity index is 3.39. The van der Waals surface area contributed by atoms with Crippen molar-refractivity contribution < 1.29 is 0 Å². The van der Waals surface area contributed by atoms with Crippen molar-refractivity contribution in [1.82, 2.24) is 0 Å². The summed E-state index contributed by atoms with van der Waals surface area (Å²) in [6.07, 6.45) is 0.898. The van der Waals surface area contributed by atoms with Crippen molar-refractivity contribution in [2.24, 2.45) is 0 Å². The Kier molecular flexibility index (Phi) is 4.48. The lowest BCUT2D eigenvalue weighted by atomic mass is 10.5. The highest BCUT2D eigenvalue weighted by Gasteiger charge is 1.53. The smallest absolute Gasteiger partial charge is 0.00704 e. The molecule has 0 unspecified atom stereocenters. The molecule has 0 spiro atoms. The summed E-state index contributed by atoms with van der Waals surface area (Å²) < 4.78 is 0. The van der Waals surface area contributed by atoms with E-state index < -0.39 is 0 Å². The Morgan fingerprint density at radius 3 is 2.43 bits per heavy atom. The summed E-state index contributed by atoms with van der Waals surface area (Å²) in [6.45, 7) is 3.79. The summed E-state index contributed by atoms with van der Waals surface area (Å²) in [5.74, 6) is 10.8. The van der Waals surface area contributed by atoms with Crippen LogP contribution in [-0.2, 0) is 0 Å². The van der Waals surface area contributed by atoms with Crippen LogP contribution < -0.4 is 0 Å². The van der Waals surface area contributed by atoms with Crippen LogP contribution in [0, 0.1) is 23.7 Å². The third-order valence-corrected chi connectivity index (χ3v) is 0.453. The Bertz CT molecular complexity index is 133. The normalized spacial score (nSPS) is 4.86. The molecule has 0 saturated heterocycles. The highest BCUT2D eigenvalue weighted by molar-refractivity contribution is 5.24. The Morgan fingerprint density at radius 2 is 2.00 bits per heavy atom. The third kappa shape index (κ3) is 5.12. The van der Waals surface area contributed by atoms with Crippen molar-refractivity contribution in [2.75, 3.05) is 0 Å². The third-order valence-electron chi connectivity index (χ3n) is 0.453. The second-order valence-electron chi connectivity index (χ2n) is 1.03. The first kappa shape index (κ1) is 6.12. The first-order valence-corrected chi connectivity index (χ1v) is 2.31. The van der Waals surface area contributed by atoms with Gasteiger partial charge < -0.3 is 0 Å². The van der Waals surface area contributed by atoms with Gasteiger partial charge in [0.05, 0.1) is 0 Å². The first-order valence-electron chi connectivity index (χ1n) is 2.31. The van der Waals surface area contributed by atoms with Crippen LogP contribution in [0.15, 0.2) is 0 Å². The van der Waals surface area contributed by atoms with Gasteiger partial charge in [-0.25, -0.2) is 0 Å². The van der Waals surface area contributed by atoms with Crippen molar-refractivity contribution in [1.29, 1.82) is 0 Å². The van der Waals surface area contributed by atoms with Gasteiger partial charge in [-0.1, -0.05) is 18.8 Å². The molecule has 0 aromatic carbocycles. The van der Waals surface area contributed by atoms with E-state index in [9.17, 15) is 0 Å². The maximum Gasteiger partial charge on any atom is 0.00704 e. The topological polar surface area (TPSA) is 0 Å². The van der Waals surface area contributed by atoms with Crippen molar-refractivity contribution in [3.05, 3.63) is 0 Å². The molecule has 0 atom stereocenters. The molecule has 36 valence electrons. The zero-order valence-electron chi connectivity index (χ0n) is 4.71. The van der Waals surface area contributed by atoms with E-state index in [1.165, 1.54) is 0 Å². The summed E-state index contributed by atoms with van der Waals surface area (Å²) >= 11 is 0. The van der Waals surface area contributed by atoms with Crippen molar-refractivity contribution in [3.8, 4) is 23.7 Å². The predicted molar refractivity (Wildman–Crippen MR) is 31.5 cm³/mol. The molecule has 0 aliphatic heterocycles. The molecule has 0 amide bonds. The predicted octanol–water partition coefficient (Wildman–Crippen LogP) is 1.42. The molecular weight excluding hydrogens is 84.1 g/mol. The van der Waals surface area contributed by atoms with Gasteiger partial charge >= 0.3 is 0 Å². The summed E-state index contributed by atoms with van der Waals surface area (Å²) in [7, 11) is 0. The molecule has 0 aliphatic carbocycles. The van der Waals surface area contributed by atoms with E-state index in [4.69, 9.17) is 0 Å². The number of hydrogen-bond acceptors (Lipinski definition) is 0. The number of hydrogen-bond donors (Lipinski definition) is 0. The lowest BCUT2D eigenvalue weighted by molar-refractivity contribution is 1.28. The van der Waals surface area contributed by atoms with Crippen LogP contribution in [0.1, 0.15) is 20.3 Å². The molecule has 0 fully saturated rings. The van der Waals surface area contributed by atoms with Gasteiger partial charge in [0.25, 0.3) is 0 Å². The van der Waals surface area contributed by atoms with E-state index >= 15 is 0 Å². The highest BCUT2D eigenvalue weighted by atomic mass is 13.6. The van der Waals surface area contributed by atoms with E-state index in [-0.39, 0.29) is 0 Å². The quantitative estimate of drug-likeness (QED) is 0.396. The molecule has 0 N–H and O–H groups in total. The zero-order chi connectivity index (χ0) is 5.54. The van der Waals surface area contributed by atoms with E-state index in [0.717, 1.165) is 6.42 Å². The molecule has 0 saturated carbocycles. The van der Waals surface area contributed by atoms with Gasteiger partial charge in [-0.15, -0.1) is 0 Å². The molecule has 0 aromatic rings. The second-order valence-corrected chi connectivity index (χ2v) is 1.03. The maximum absolute atomic E-state index is 2.83. The van der Waals surface area contributed by atoms with Crippen LogP contribution in [0.2, 0.25) is 0 Å². The van der Waals surface area contributed by atoms with E-state index in [2.05, 4.69) is 23.7 Å². The second kappa shape index (κ2) is 5.12. The van der Waals surface area contributed by atoms with Crippen molar-refractivity contribution in [2.45, 2.75) is 20.3 Å². The molecule has 0 aromatic heterocycles. The van der Waals surface area contributed by atoms with Crippen LogP contribution in [-0.4, -0.2) is 0 Å². The molecule has 0 heterocycles. The average molecular weight is 92.1 g/mol. The maximum atomic E-state index is 2.83.